The van der Waals surface area contributed by atoms with Crippen LogP contribution in [-0.2, 0) is 6.54 Å². The average molecular weight is 207 g/mol. The Balaban J connectivity index is 2.75. The van der Waals surface area contributed by atoms with Gasteiger partial charge in [0.2, 0.25) is 0 Å². The fourth-order valence-corrected chi connectivity index (χ4v) is 1.53. The lowest BCUT2D eigenvalue weighted by molar-refractivity contribution is 0.154. The molecule has 1 rings (SSSR count). The molecule has 1 unspecified atom stereocenters. The van der Waals surface area contributed by atoms with E-state index in [1.54, 1.807) is 0 Å². The fraction of sp³-hybridized carbons (Fsp3) is 0.538. The van der Waals surface area contributed by atoms with Gasteiger partial charge in [-0.2, -0.15) is 0 Å². The van der Waals surface area contributed by atoms with Crippen LogP contribution in [-0.4, -0.2) is 29.7 Å². The maximum absolute atomic E-state index is 9.07. The van der Waals surface area contributed by atoms with E-state index in [0.717, 1.165) is 6.54 Å². The summed E-state index contributed by atoms with van der Waals surface area (Å²) in [6.07, 6.45) is 0. The molecule has 0 radical (unpaired) electrons. The summed E-state index contributed by atoms with van der Waals surface area (Å²) in [6.45, 7) is 7.38. The summed E-state index contributed by atoms with van der Waals surface area (Å²) in [4.78, 5) is 2.17. The van der Waals surface area contributed by atoms with Crippen LogP contribution in [0, 0.1) is 13.8 Å². The number of hydrogen-bond donors (Lipinski definition) is 1. The van der Waals surface area contributed by atoms with Gasteiger partial charge < -0.3 is 5.11 Å². The van der Waals surface area contributed by atoms with Crippen LogP contribution in [0.15, 0.2) is 18.2 Å². The molecule has 1 aromatic rings. The summed E-state index contributed by atoms with van der Waals surface area (Å²) < 4.78 is 0. The Labute approximate surface area is 92.5 Å². The Hall–Kier alpha value is -0.860. The normalized spacial score (nSPS) is 13.2. The van der Waals surface area contributed by atoms with Crippen molar-refractivity contribution in [2.75, 3.05) is 13.7 Å². The van der Waals surface area contributed by atoms with Crippen LogP contribution in [0.3, 0.4) is 0 Å². The van der Waals surface area contributed by atoms with E-state index in [1.165, 1.54) is 16.7 Å². The predicted octanol–water partition coefficient (Wildman–Crippen LogP) is 2.12. The Bertz CT molecular complexity index is 322. The second-order valence-electron chi connectivity index (χ2n) is 4.38. The van der Waals surface area contributed by atoms with Crippen molar-refractivity contribution in [3.05, 3.63) is 34.9 Å². The van der Waals surface area contributed by atoms with Gasteiger partial charge in [0, 0.05) is 12.6 Å². The van der Waals surface area contributed by atoms with Crippen molar-refractivity contribution < 1.29 is 5.11 Å². The van der Waals surface area contributed by atoms with Crippen molar-refractivity contribution in [1.82, 2.24) is 4.90 Å². The first kappa shape index (κ1) is 12.2. The largest absolute Gasteiger partial charge is 0.395 e. The van der Waals surface area contributed by atoms with Gasteiger partial charge in [-0.15, -0.1) is 0 Å². The molecular formula is C13H21NO. The minimum Gasteiger partial charge on any atom is -0.395 e. The SMILES string of the molecule is Cc1ccc(C)c(CN(C)C(C)CO)c1. The standard InChI is InChI=1S/C13H21NO/c1-10-5-6-11(2)13(7-10)8-14(4)12(3)9-15/h5-7,12,15H,8-9H2,1-4H3. The number of likely N-dealkylation sites (N-methyl/N-ethyl adjacent to an activating group) is 1. The minimum absolute atomic E-state index is 0.210. The molecule has 0 bridgehead atoms. The van der Waals surface area contributed by atoms with Crippen LogP contribution < -0.4 is 0 Å². The molecular weight excluding hydrogens is 186 g/mol. The molecule has 15 heavy (non-hydrogen) atoms. The van der Waals surface area contributed by atoms with Gasteiger partial charge in [-0.3, -0.25) is 4.90 Å². The van der Waals surface area contributed by atoms with Crippen LogP contribution in [0.5, 0.6) is 0 Å². The monoisotopic (exact) mass is 207 g/mol. The maximum atomic E-state index is 9.07. The highest BCUT2D eigenvalue weighted by atomic mass is 16.3. The van der Waals surface area contributed by atoms with E-state index in [9.17, 15) is 0 Å². The van der Waals surface area contributed by atoms with E-state index >= 15 is 0 Å². The number of aliphatic hydroxyl groups excluding tert-OH is 1. The maximum Gasteiger partial charge on any atom is 0.0584 e. The molecule has 0 spiro atoms. The molecule has 2 heteroatoms. The third-order valence-corrected chi connectivity index (χ3v) is 2.94. The first-order valence-electron chi connectivity index (χ1n) is 5.42. The van der Waals surface area contributed by atoms with Gasteiger partial charge in [-0.25, -0.2) is 0 Å². The van der Waals surface area contributed by atoms with Crippen LogP contribution in [0.25, 0.3) is 0 Å². The third-order valence-electron chi connectivity index (χ3n) is 2.94. The van der Waals surface area contributed by atoms with Crippen LogP contribution >= 0.6 is 0 Å². The molecule has 0 aliphatic rings. The zero-order valence-corrected chi connectivity index (χ0v) is 10.1. The fourth-order valence-electron chi connectivity index (χ4n) is 1.53. The van der Waals surface area contributed by atoms with Crippen molar-refractivity contribution in [2.45, 2.75) is 33.4 Å². The molecule has 84 valence electrons. The van der Waals surface area contributed by atoms with Crippen LogP contribution in [0.1, 0.15) is 23.6 Å². The van der Waals surface area contributed by atoms with E-state index in [0.29, 0.717) is 0 Å². The van der Waals surface area contributed by atoms with Gasteiger partial charge in [0.05, 0.1) is 6.61 Å². The molecule has 1 aromatic carbocycles. The molecule has 0 heterocycles. The quantitative estimate of drug-likeness (QED) is 0.817. The predicted molar refractivity (Wildman–Crippen MR) is 63.9 cm³/mol. The number of hydrogen-bond acceptors (Lipinski definition) is 2. The summed E-state index contributed by atoms with van der Waals surface area (Å²) >= 11 is 0. The lowest BCUT2D eigenvalue weighted by Gasteiger charge is -2.23. The average Bonchev–Trinajstić information content (AvgIpc) is 2.22. The van der Waals surface area contributed by atoms with Gasteiger partial charge in [0.1, 0.15) is 0 Å². The Morgan fingerprint density at radius 3 is 2.60 bits per heavy atom. The molecule has 0 fully saturated rings. The number of nitrogens with zero attached hydrogens (tertiary/aromatic N) is 1. The number of rotatable bonds is 4. The summed E-state index contributed by atoms with van der Waals surface area (Å²) in [5.74, 6) is 0. The summed E-state index contributed by atoms with van der Waals surface area (Å²) in [6, 6.07) is 6.72. The summed E-state index contributed by atoms with van der Waals surface area (Å²) in [5.41, 5.74) is 3.95. The van der Waals surface area contributed by atoms with Gasteiger partial charge in [0.15, 0.2) is 0 Å². The van der Waals surface area contributed by atoms with Crippen molar-refractivity contribution in [2.24, 2.45) is 0 Å². The van der Waals surface area contributed by atoms with E-state index < -0.39 is 0 Å². The van der Waals surface area contributed by atoms with Crippen molar-refractivity contribution in [3.8, 4) is 0 Å². The Kier molecular flexibility index (Phi) is 4.30. The molecule has 0 amide bonds. The van der Waals surface area contributed by atoms with Crippen molar-refractivity contribution in [3.63, 3.8) is 0 Å². The van der Waals surface area contributed by atoms with Gasteiger partial charge in [0.25, 0.3) is 0 Å². The molecule has 2 nitrogen and oxygen atoms in total. The third kappa shape index (κ3) is 3.33. The highest BCUT2D eigenvalue weighted by Crippen LogP contribution is 2.13. The molecule has 1 N–H and O–H groups in total. The Morgan fingerprint density at radius 2 is 2.00 bits per heavy atom. The smallest absolute Gasteiger partial charge is 0.0584 e. The second-order valence-corrected chi connectivity index (χ2v) is 4.38. The van der Waals surface area contributed by atoms with E-state index in [-0.39, 0.29) is 12.6 Å². The van der Waals surface area contributed by atoms with Crippen LogP contribution in [0.4, 0.5) is 0 Å². The van der Waals surface area contributed by atoms with Gasteiger partial charge in [-0.05, 0) is 38.9 Å². The first-order valence-corrected chi connectivity index (χ1v) is 5.42. The number of aryl methyl sites for hydroxylation is 2. The lowest BCUT2D eigenvalue weighted by Crippen LogP contribution is -2.31. The van der Waals surface area contributed by atoms with E-state index in [4.69, 9.17) is 5.11 Å². The molecule has 0 aromatic heterocycles. The van der Waals surface area contributed by atoms with Crippen molar-refractivity contribution in [1.29, 1.82) is 0 Å². The van der Waals surface area contributed by atoms with E-state index in [1.807, 2.05) is 14.0 Å². The molecule has 1 atom stereocenters. The topological polar surface area (TPSA) is 23.5 Å². The first-order chi connectivity index (χ1) is 7.04. The minimum atomic E-state index is 0.210. The molecule has 0 aliphatic heterocycles. The number of benzene rings is 1. The molecule has 0 aliphatic carbocycles. The van der Waals surface area contributed by atoms with Crippen molar-refractivity contribution >= 4 is 0 Å². The highest BCUT2D eigenvalue weighted by molar-refractivity contribution is 5.30. The molecule has 0 saturated carbocycles. The second kappa shape index (κ2) is 5.29. The summed E-state index contributed by atoms with van der Waals surface area (Å²) in [5, 5.41) is 9.07. The van der Waals surface area contributed by atoms with Gasteiger partial charge >= 0.3 is 0 Å². The zero-order chi connectivity index (χ0) is 11.4. The van der Waals surface area contributed by atoms with Crippen LogP contribution in [0.2, 0.25) is 0 Å². The highest BCUT2D eigenvalue weighted by Gasteiger charge is 2.09. The van der Waals surface area contributed by atoms with E-state index in [2.05, 4.69) is 36.9 Å². The lowest BCUT2D eigenvalue weighted by atomic mass is 10.0. The number of aliphatic hydroxyl groups is 1. The molecule has 0 saturated heterocycles. The summed E-state index contributed by atoms with van der Waals surface area (Å²) in [7, 11) is 2.04. The Morgan fingerprint density at radius 1 is 1.33 bits per heavy atom. The zero-order valence-electron chi connectivity index (χ0n) is 10.1. The van der Waals surface area contributed by atoms with Gasteiger partial charge in [-0.1, -0.05) is 23.8 Å².